The molecule has 132 valence electrons. The fourth-order valence-corrected chi connectivity index (χ4v) is 3.05. The van der Waals surface area contributed by atoms with Gasteiger partial charge >= 0.3 is 6.18 Å². The molecule has 0 saturated carbocycles. The maximum atomic E-state index is 13.6. The second-order valence-corrected chi connectivity index (χ2v) is 6.11. The van der Waals surface area contributed by atoms with Gasteiger partial charge in [-0.05, 0) is 42.5 Å². The minimum atomic E-state index is -4.59. The van der Waals surface area contributed by atoms with Crippen molar-refractivity contribution < 1.29 is 13.2 Å². The number of nitrogens with zero attached hydrogens (tertiary/aromatic N) is 4. The van der Waals surface area contributed by atoms with Crippen molar-refractivity contribution in [1.29, 1.82) is 0 Å². The molecule has 3 aromatic rings. The number of fused-ring (bicyclic) bond motifs is 1. The fourth-order valence-electron chi connectivity index (χ4n) is 2.93. The summed E-state index contributed by atoms with van der Waals surface area (Å²) in [6.07, 6.45) is 0.893. The van der Waals surface area contributed by atoms with E-state index in [9.17, 15) is 13.2 Å². The fraction of sp³-hybridized carbons (Fsp3) is 0.111. The van der Waals surface area contributed by atoms with Gasteiger partial charge in [0.15, 0.2) is 11.9 Å². The third-order valence-electron chi connectivity index (χ3n) is 4.03. The van der Waals surface area contributed by atoms with Crippen molar-refractivity contribution in [3.05, 3.63) is 77.3 Å². The third-order valence-corrected chi connectivity index (χ3v) is 4.28. The summed E-state index contributed by atoms with van der Waals surface area (Å²) in [5, 5.41) is 0.542. The molecule has 0 amide bonds. The minimum absolute atomic E-state index is 0.0383. The van der Waals surface area contributed by atoms with Crippen LogP contribution in [0.1, 0.15) is 17.6 Å². The Kier molecular flexibility index (Phi) is 3.96. The van der Waals surface area contributed by atoms with Gasteiger partial charge in [-0.2, -0.15) is 13.2 Å². The third kappa shape index (κ3) is 2.84. The van der Waals surface area contributed by atoms with Crippen LogP contribution in [0.2, 0.25) is 5.02 Å². The highest BCUT2D eigenvalue weighted by molar-refractivity contribution is 6.30. The lowest BCUT2D eigenvalue weighted by Crippen LogP contribution is -2.27. The van der Waals surface area contributed by atoms with Gasteiger partial charge in [0.1, 0.15) is 11.3 Å². The number of hydrogen-bond acceptors (Lipinski definition) is 3. The molecule has 0 aliphatic carbocycles. The Balaban J connectivity index is 1.91. The van der Waals surface area contributed by atoms with Gasteiger partial charge in [0.2, 0.25) is 0 Å². The molecule has 0 bridgehead atoms. The van der Waals surface area contributed by atoms with E-state index in [1.54, 1.807) is 59.8 Å². The summed E-state index contributed by atoms with van der Waals surface area (Å²) < 4.78 is 42.4. The first kappa shape index (κ1) is 16.7. The normalized spacial score (nSPS) is 17.2. The first-order valence-electron chi connectivity index (χ1n) is 7.73. The Hall–Kier alpha value is -2.80. The van der Waals surface area contributed by atoms with E-state index in [0.717, 1.165) is 0 Å². The Labute approximate surface area is 151 Å². The molecular formula is C18H12ClF3N4. The summed E-state index contributed by atoms with van der Waals surface area (Å²) in [6.45, 7) is 0. The molecule has 1 aliphatic rings. The van der Waals surface area contributed by atoms with Crippen LogP contribution in [0.3, 0.4) is 0 Å². The highest BCUT2D eigenvalue weighted by Crippen LogP contribution is 2.39. The Morgan fingerprint density at radius 3 is 2.54 bits per heavy atom. The lowest BCUT2D eigenvalue weighted by Gasteiger charge is -2.30. The second kappa shape index (κ2) is 6.17. The second-order valence-electron chi connectivity index (χ2n) is 5.67. The van der Waals surface area contributed by atoms with E-state index in [2.05, 4.69) is 9.98 Å². The molecule has 2 aromatic heterocycles. The van der Waals surface area contributed by atoms with Crippen LogP contribution in [0.5, 0.6) is 0 Å². The molecule has 4 rings (SSSR count). The van der Waals surface area contributed by atoms with Crippen LogP contribution >= 0.6 is 11.6 Å². The van der Waals surface area contributed by atoms with Gasteiger partial charge in [0.25, 0.3) is 0 Å². The van der Waals surface area contributed by atoms with Crippen molar-refractivity contribution in [2.45, 2.75) is 12.3 Å². The van der Waals surface area contributed by atoms with Gasteiger partial charge in [0.05, 0.1) is 0 Å². The molecule has 0 spiro atoms. The Bertz CT molecular complexity index is 1010. The number of alkyl halides is 3. The van der Waals surface area contributed by atoms with Crippen molar-refractivity contribution in [3.63, 3.8) is 0 Å². The van der Waals surface area contributed by atoms with Crippen molar-refractivity contribution in [3.8, 4) is 0 Å². The van der Waals surface area contributed by atoms with Crippen molar-refractivity contribution in [2.75, 3.05) is 4.90 Å². The number of aromatic nitrogens is 2. The highest BCUT2D eigenvalue weighted by atomic mass is 35.5. The summed E-state index contributed by atoms with van der Waals surface area (Å²) in [6, 6.07) is 11.7. The van der Waals surface area contributed by atoms with E-state index in [0.29, 0.717) is 10.7 Å². The van der Waals surface area contributed by atoms with Crippen LogP contribution in [0.25, 0.3) is 5.65 Å². The first-order chi connectivity index (χ1) is 12.4. The van der Waals surface area contributed by atoms with Gasteiger partial charge in [-0.15, -0.1) is 0 Å². The molecule has 1 aliphatic heterocycles. The van der Waals surface area contributed by atoms with Gasteiger partial charge in [-0.25, -0.2) is 4.98 Å². The van der Waals surface area contributed by atoms with Gasteiger partial charge in [-0.1, -0.05) is 17.7 Å². The van der Waals surface area contributed by atoms with Crippen LogP contribution in [-0.4, -0.2) is 15.6 Å². The number of allylic oxidation sites excluding steroid dienone is 1. The average molecular weight is 377 g/mol. The monoisotopic (exact) mass is 376 g/mol. The molecular weight excluding hydrogens is 365 g/mol. The number of benzene rings is 1. The number of halogens is 4. The van der Waals surface area contributed by atoms with Gasteiger partial charge in [0, 0.05) is 29.3 Å². The van der Waals surface area contributed by atoms with Crippen LogP contribution in [0.15, 0.2) is 65.9 Å². The summed E-state index contributed by atoms with van der Waals surface area (Å²) in [4.78, 5) is 9.75. The highest BCUT2D eigenvalue weighted by Gasteiger charge is 2.41. The average Bonchev–Trinajstić information content (AvgIpc) is 3.02. The maximum Gasteiger partial charge on any atom is 0.435 e. The number of aliphatic imine (C=N–C) groups is 1. The SMILES string of the molecule is FC(F)(F)c1nc2ccccn2c1C1N=CC=CN1c1ccc(Cl)cc1. The van der Waals surface area contributed by atoms with E-state index < -0.39 is 18.0 Å². The number of anilines is 1. The molecule has 26 heavy (non-hydrogen) atoms. The summed E-state index contributed by atoms with van der Waals surface area (Å²) >= 11 is 5.92. The molecule has 0 radical (unpaired) electrons. The number of rotatable bonds is 2. The zero-order chi connectivity index (χ0) is 18.3. The van der Waals surface area contributed by atoms with E-state index >= 15 is 0 Å². The van der Waals surface area contributed by atoms with Crippen molar-refractivity contribution in [1.82, 2.24) is 9.38 Å². The standard InChI is InChI=1S/C18H12ClF3N4/c19-12-5-7-13(8-6-12)25-11-3-9-23-17(25)15-16(18(20,21)22)24-14-4-1-2-10-26(14)15/h1-11,17H. The zero-order valence-electron chi connectivity index (χ0n) is 13.2. The molecule has 1 unspecified atom stereocenters. The lowest BCUT2D eigenvalue weighted by atomic mass is 10.2. The summed E-state index contributed by atoms with van der Waals surface area (Å²) in [5.74, 6) is 0. The number of imidazole rings is 1. The Morgan fingerprint density at radius 2 is 1.81 bits per heavy atom. The van der Waals surface area contributed by atoms with E-state index in [1.807, 2.05) is 0 Å². The molecule has 8 heteroatoms. The van der Waals surface area contributed by atoms with E-state index in [-0.39, 0.29) is 11.3 Å². The number of pyridine rings is 1. The molecule has 0 saturated heterocycles. The quantitative estimate of drug-likeness (QED) is 0.622. The van der Waals surface area contributed by atoms with Gasteiger partial charge < -0.3 is 4.90 Å². The van der Waals surface area contributed by atoms with Crippen LogP contribution in [0.4, 0.5) is 18.9 Å². The largest absolute Gasteiger partial charge is 0.435 e. The number of hydrogen-bond donors (Lipinski definition) is 0. The molecule has 0 N–H and O–H groups in total. The molecule has 1 atom stereocenters. The first-order valence-corrected chi connectivity index (χ1v) is 8.11. The zero-order valence-corrected chi connectivity index (χ0v) is 14.0. The predicted octanol–water partition coefficient (Wildman–Crippen LogP) is 5.11. The van der Waals surface area contributed by atoms with Crippen molar-refractivity contribution in [2.24, 2.45) is 4.99 Å². The Morgan fingerprint density at radius 1 is 1.04 bits per heavy atom. The van der Waals surface area contributed by atoms with E-state index in [4.69, 9.17) is 11.6 Å². The van der Waals surface area contributed by atoms with Crippen LogP contribution in [-0.2, 0) is 6.18 Å². The lowest BCUT2D eigenvalue weighted by molar-refractivity contribution is -0.141. The van der Waals surface area contributed by atoms with Crippen LogP contribution < -0.4 is 4.90 Å². The van der Waals surface area contributed by atoms with Gasteiger partial charge in [-0.3, -0.25) is 9.39 Å². The predicted molar refractivity (Wildman–Crippen MR) is 94.5 cm³/mol. The van der Waals surface area contributed by atoms with Crippen molar-refractivity contribution >= 4 is 29.2 Å². The summed E-state index contributed by atoms with van der Waals surface area (Å²) in [5.41, 5.74) is -0.0918. The maximum absolute atomic E-state index is 13.6. The molecule has 0 fully saturated rings. The topological polar surface area (TPSA) is 32.9 Å². The molecule has 4 nitrogen and oxygen atoms in total. The van der Waals surface area contributed by atoms with Crippen LogP contribution in [0, 0.1) is 0 Å². The minimum Gasteiger partial charge on any atom is -0.320 e. The smallest absolute Gasteiger partial charge is 0.320 e. The van der Waals surface area contributed by atoms with E-state index in [1.165, 1.54) is 16.7 Å². The summed E-state index contributed by atoms with van der Waals surface area (Å²) in [7, 11) is 0. The molecule has 1 aromatic carbocycles. The molecule has 3 heterocycles.